The molecule has 0 unspecified atom stereocenters. The van der Waals surface area contributed by atoms with Crippen molar-refractivity contribution in [3.05, 3.63) is 88.1 Å². The summed E-state index contributed by atoms with van der Waals surface area (Å²) < 4.78 is 28.0. The number of likely N-dealkylation sites (tertiary alicyclic amines) is 1. The minimum absolute atomic E-state index is 0.0822. The van der Waals surface area contributed by atoms with E-state index in [4.69, 9.17) is 31.0 Å². The smallest absolute Gasteiger partial charge is 0.335 e. The van der Waals surface area contributed by atoms with Crippen LogP contribution in [0.1, 0.15) is 65.5 Å². The number of hydrogen-bond acceptors (Lipinski definition) is 6. The van der Waals surface area contributed by atoms with Crippen molar-refractivity contribution in [1.82, 2.24) is 19.4 Å². The Morgan fingerprint density at radius 3 is 2.67 bits per heavy atom. The summed E-state index contributed by atoms with van der Waals surface area (Å²) in [6, 6.07) is 15.5. The Hall–Kier alpha value is -3.53. The van der Waals surface area contributed by atoms with Crippen LogP contribution in [0.2, 0.25) is 5.02 Å². The fourth-order valence-electron chi connectivity index (χ4n) is 6.50. The number of nitrogens with zero attached hydrogens (tertiary/aromatic N) is 4. The molecule has 1 saturated carbocycles. The van der Waals surface area contributed by atoms with Crippen LogP contribution in [0.4, 0.5) is 4.39 Å². The van der Waals surface area contributed by atoms with Gasteiger partial charge in [0.2, 0.25) is 5.88 Å². The number of carboxylic acid groups (broad SMARTS) is 1. The second-order valence-electron chi connectivity index (χ2n) is 11.6. The Balaban J connectivity index is 1.13. The normalized spacial score (nSPS) is 19.7. The van der Waals surface area contributed by atoms with E-state index >= 15 is 0 Å². The molecule has 8 nitrogen and oxygen atoms in total. The number of pyridine rings is 1. The first-order valence-electron chi connectivity index (χ1n) is 14.9. The van der Waals surface area contributed by atoms with Gasteiger partial charge in [-0.05, 0) is 75.2 Å². The summed E-state index contributed by atoms with van der Waals surface area (Å²) in [6.45, 7) is 3.32. The van der Waals surface area contributed by atoms with Gasteiger partial charge in [-0.3, -0.25) is 4.90 Å². The lowest BCUT2D eigenvalue weighted by Gasteiger charge is -2.32. The van der Waals surface area contributed by atoms with Crippen molar-refractivity contribution in [2.24, 2.45) is 5.92 Å². The Kier molecular flexibility index (Phi) is 8.93. The van der Waals surface area contributed by atoms with Gasteiger partial charge in [0.15, 0.2) is 0 Å². The molecule has 1 aliphatic carbocycles. The molecule has 2 aromatic heterocycles. The van der Waals surface area contributed by atoms with Crippen LogP contribution in [0, 0.1) is 11.7 Å². The van der Waals surface area contributed by atoms with Gasteiger partial charge in [0.1, 0.15) is 18.2 Å². The van der Waals surface area contributed by atoms with Gasteiger partial charge in [0, 0.05) is 47.8 Å². The molecule has 0 radical (unpaired) electrons. The van der Waals surface area contributed by atoms with Crippen molar-refractivity contribution in [2.75, 3.05) is 20.2 Å². The Labute approximate surface area is 255 Å². The average Bonchev–Trinajstić information content (AvgIpc) is 3.61. The zero-order valence-corrected chi connectivity index (χ0v) is 25.0. The Morgan fingerprint density at radius 2 is 1.91 bits per heavy atom. The summed E-state index contributed by atoms with van der Waals surface area (Å²) in [7, 11) is 1.78. The maximum Gasteiger partial charge on any atom is 0.335 e. The number of carbonyl (C=O) groups is 1. The van der Waals surface area contributed by atoms with E-state index in [-0.39, 0.29) is 18.3 Å². The van der Waals surface area contributed by atoms with E-state index in [1.54, 1.807) is 37.4 Å². The van der Waals surface area contributed by atoms with Crippen LogP contribution in [-0.2, 0) is 24.4 Å². The van der Waals surface area contributed by atoms with Crippen molar-refractivity contribution in [3.8, 4) is 5.88 Å². The fraction of sp³-hybridized carbons (Fsp3) is 0.424. The maximum absolute atomic E-state index is 14.2. The highest BCUT2D eigenvalue weighted by molar-refractivity contribution is 6.30. The highest BCUT2D eigenvalue weighted by Gasteiger charge is 2.30. The van der Waals surface area contributed by atoms with E-state index in [1.807, 2.05) is 18.2 Å². The third kappa shape index (κ3) is 6.69. The van der Waals surface area contributed by atoms with Crippen molar-refractivity contribution in [3.63, 3.8) is 0 Å². The number of aromatic carboxylic acids is 1. The number of benzene rings is 2. The van der Waals surface area contributed by atoms with Gasteiger partial charge in [-0.2, -0.15) is 0 Å². The lowest BCUT2D eigenvalue weighted by molar-refractivity contribution is 0.0645. The molecule has 3 heterocycles. The molecule has 2 aliphatic rings. The number of ether oxygens (including phenoxy) is 2. The Bertz CT molecular complexity index is 1600. The predicted molar refractivity (Wildman–Crippen MR) is 162 cm³/mol. The highest BCUT2D eigenvalue weighted by Crippen LogP contribution is 2.33. The number of halogens is 2. The van der Waals surface area contributed by atoms with Gasteiger partial charge in [0.25, 0.3) is 0 Å². The van der Waals surface area contributed by atoms with E-state index in [9.17, 15) is 14.3 Å². The summed E-state index contributed by atoms with van der Waals surface area (Å²) in [5.41, 5.74) is 3.37. The highest BCUT2D eigenvalue weighted by atomic mass is 35.5. The molecule has 6 rings (SSSR count). The van der Waals surface area contributed by atoms with Gasteiger partial charge >= 0.3 is 5.97 Å². The molecule has 2 fully saturated rings. The monoisotopic (exact) mass is 606 g/mol. The predicted octanol–water partition coefficient (Wildman–Crippen LogP) is 6.70. The van der Waals surface area contributed by atoms with E-state index in [1.165, 1.54) is 6.07 Å². The first-order chi connectivity index (χ1) is 20.9. The summed E-state index contributed by atoms with van der Waals surface area (Å²) in [6.07, 6.45) is 5.37. The van der Waals surface area contributed by atoms with Crippen molar-refractivity contribution >= 4 is 28.6 Å². The van der Waals surface area contributed by atoms with Gasteiger partial charge in [-0.1, -0.05) is 30.2 Å². The van der Waals surface area contributed by atoms with E-state index in [0.717, 1.165) is 74.3 Å². The second kappa shape index (κ2) is 13.0. The molecule has 1 aliphatic heterocycles. The van der Waals surface area contributed by atoms with E-state index < -0.39 is 11.8 Å². The molecule has 1 N–H and O–H groups in total. The van der Waals surface area contributed by atoms with Gasteiger partial charge in [-0.25, -0.2) is 19.2 Å². The van der Waals surface area contributed by atoms with Crippen LogP contribution in [0.5, 0.6) is 5.88 Å². The minimum atomic E-state index is -0.936. The number of methoxy groups -OCH3 is 1. The van der Waals surface area contributed by atoms with Gasteiger partial charge in [-0.15, -0.1) is 0 Å². The zero-order valence-electron chi connectivity index (χ0n) is 24.2. The average molecular weight is 607 g/mol. The maximum atomic E-state index is 14.2. The molecule has 1 saturated heterocycles. The molecule has 0 amide bonds. The SMILES string of the molecule is CO[C@@H]1CCC[C@@H]1Cn1c(CN2CCC(c3cccc(OCc4ccc(Cl)cc4F)n3)CC2)nc2ccc(C(=O)O)cc21. The largest absolute Gasteiger partial charge is 0.478 e. The fourth-order valence-corrected chi connectivity index (χ4v) is 6.66. The van der Waals surface area contributed by atoms with Crippen LogP contribution in [0.15, 0.2) is 54.6 Å². The summed E-state index contributed by atoms with van der Waals surface area (Å²) >= 11 is 5.86. The van der Waals surface area contributed by atoms with Gasteiger partial charge < -0.3 is 19.1 Å². The Morgan fingerprint density at radius 1 is 1.07 bits per heavy atom. The molecule has 4 aromatic rings. The van der Waals surface area contributed by atoms with Crippen LogP contribution >= 0.6 is 11.6 Å². The molecule has 2 aromatic carbocycles. The van der Waals surface area contributed by atoms with Crippen LogP contribution in [0.3, 0.4) is 0 Å². The van der Waals surface area contributed by atoms with Crippen molar-refractivity contribution in [2.45, 2.75) is 63.8 Å². The molecular weight excluding hydrogens is 571 g/mol. The first-order valence-corrected chi connectivity index (χ1v) is 15.3. The van der Waals surface area contributed by atoms with Crippen molar-refractivity contribution < 1.29 is 23.8 Å². The number of hydrogen-bond donors (Lipinski definition) is 1. The minimum Gasteiger partial charge on any atom is -0.478 e. The number of fused-ring (bicyclic) bond motifs is 1. The number of rotatable bonds is 10. The van der Waals surface area contributed by atoms with Gasteiger partial charge in [0.05, 0.1) is 29.2 Å². The third-order valence-corrected chi connectivity index (χ3v) is 9.13. The summed E-state index contributed by atoms with van der Waals surface area (Å²) in [5.74, 6) is 0.774. The standard InChI is InChI=1S/C33H36ClFN4O4/c1-42-30-6-2-4-23(30)18-39-29-16-22(33(40)41)9-11-28(29)36-31(39)19-38-14-12-21(13-15-38)27-5-3-7-32(37-27)43-20-24-8-10-25(34)17-26(24)35/h3,5,7-11,16-17,21,23,30H,2,4,6,12-15,18-20H2,1H3,(H,40,41)/t23-,30-/m1/s1. The number of aromatic nitrogens is 3. The molecular formula is C33H36ClFN4O4. The molecule has 226 valence electrons. The lowest BCUT2D eigenvalue weighted by Crippen LogP contribution is -2.34. The van der Waals surface area contributed by atoms with Crippen molar-refractivity contribution in [1.29, 1.82) is 0 Å². The third-order valence-electron chi connectivity index (χ3n) is 8.89. The number of piperidine rings is 1. The quantitative estimate of drug-likeness (QED) is 0.215. The lowest BCUT2D eigenvalue weighted by atomic mass is 9.93. The first kappa shape index (κ1) is 29.5. The van der Waals surface area contributed by atoms with E-state index in [2.05, 4.69) is 9.47 Å². The zero-order chi connectivity index (χ0) is 29.9. The molecule has 0 bridgehead atoms. The molecule has 43 heavy (non-hydrogen) atoms. The number of imidazole rings is 1. The molecule has 0 spiro atoms. The molecule has 10 heteroatoms. The number of carboxylic acids is 1. The van der Waals surface area contributed by atoms with E-state index in [0.29, 0.717) is 34.8 Å². The van der Waals surface area contributed by atoms with Crippen LogP contribution < -0.4 is 4.74 Å². The summed E-state index contributed by atoms with van der Waals surface area (Å²) in [5, 5.41) is 9.97. The topological polar surface area (TPSA) is 89.7 Å². The van der Waals surface area contributed by atoms with Crippen LogP contribution in [-0.4, -0.2) is 56.8 Å². The second-order valence-corrected chi connectivity index (χ2v) is 12.0. The summed E-state index contributed by atoms with van der Waals surface area (Å²) in [4.78, 5) is 23.9. The van der Waals surface area contributed by atoms with Crippen LogP contribution in [0.25, 0.3) is 11.0 Å². The molecule has 2 atom stereocenters.